The van der Waals surface area contributed by atoms with E-state index in [0.717, 1.165) is 14.7 Å². The zero-order chi connectivity index (χ0) is 15.9. The van der Waals surface area contributed by atoms with Crippen molar-refractivity contribution in [1.29, 1.82) is 0 Å². The Morgan fingerprint density at radius 3 is 2.64 bits per heavy atom. The van der Waals surface area contributed by atoms with E-state index in [9.17, 15) is 4.79 Å². The minimum atomic E-state index is -0.602. The van der Waals surface area contributed by atoms with Crippen LogP contribution in [-0.4, -0.2) is 23.6 Å². The Labute approximate surface area is 142 Å². The predicted molar refractivity (Wildman–Crippen MR) is 92.7 cm³/mol. The van der Waals surface area contributed by atoms with Crippen LogP contribution in [0.2, 0.25) is 0 Å². The molecular weight excluding hydrogens is 395 g/mol. The van der Waals surface area contributed by atoms with Crippen molar-refractivity contribution in [3.05, 3.63) is 63.2 Å². The molecule has 2 aromatic carbocycles. The van der Waals surface area contributed by atoms with Crippen molar-refractivity contribution >= 4 is 34.4 Å². The highest BCUT2D eigenvalue weighted by molar-refractivity contribution is 14.1. The summed E-state index contributed by atoms with van der Waals surface area (Å²) >= 11 is 2.23. The Hall–Kier alpha value is -2.09. The smallest absolute Gasteiger partial charge is 0.411 e. The van der Waals surface area contributed by atoms with Gasteiger partial charge in [-0.15, -0.1) is 0 Å². The summed E-state index contributed by atoms with van der Waals surface area (Å²) in [5.41, 5.74) is 2.19. The van der Waals surface area contributed by atoms with Crippen molar-refractivity contribution in [3.63, 3.8) is 0 Å². The zero-order valence-corrected chi connectivity index (χ0v) is 14.1. The third-order valence-corrected chi connectivity index (χ3v) is 4.18. The first-order chi connectivity index (χ1) is 10.6. The van der Waals surface area contributed by atoms with Crippen LogP contribution >= 0.6 is 22.6 Å². The second kappa shape index (κ2) is 7.79. The Morgan fingerprint density at radius 2 is 2.00 bits per heavy atom. The molecule has 0 unspecified atom stereocenters. The Morgan fingerprint density at radius 1 is 1.27 bits per heavy atom. The SMILES string of the molecule is Cc1cc(C(CNC(=O)Oc2ccccc2)=NO)ccc1I. The van der Waals surface area contributed by atoms with Crippen molar-refractivity contribution < 1.29 is 14.7 Å². The van der Waals surface area contributed by atoms with Gasteiger partial charge < -0.3 is 15.3 Å². The molecule has 0 saturated carbocycles. The second-order valence-electron chi connectivity index (χ2n) is 4.57. The molecule has 0 atom stereocenters. The highest BCUT2D eigenvalue weighted by Crippen LogP contribution is 2.14. The average molecular weight is 410 g/mol. The van der Waals surface area contributed by atoms with Gasteiger partial charge in [0.15, 0.2) is 0 Å². The third-order valence-electron chi connectivity index (χ3n) is 2.97. The van der Waals surface area contributed by atoms with Gasteiger partial charge in [0, 0.05) is 9.13 Å². The summed E-state index contributed by atoms with van der Waals surface area (Å²) in [7, 11) is 0. The largest absolute Gasteiger partial charge is 0.412 e. The average Bonchev–Trinajstić information content (AvgIpc) is 2.52. The number of hydrogen-bond acceptors (Lipinski definition) is 4. The number of rotatable bonds is 4. The van der Waals surface area contributed by atoms with E-state index in [0.29, 0.717) is 11.5 Å². The molecule has 0 bridgehead atoms. The standard InChI is InChI=1S/C16H15IN2O3/c1-11-9-12(7-8-14(11)17)15(19-21)10-18-16(20)22-13-5-3-2-4-6-13/h2-9,21H,10H2,1H3,(H,18,20). The lowest BCUT2D eigenvalue weighted by molar-refractivity contribution is 0.202. The van der Waals surface area contributed by atoms with Crippen LogP contribution in [0.4, 0.5) is 4.79 Å². The molecule has 0 aliphatic heterocycles. The molecule has 0 aliphatic rings. The molecule has 0 aromatic heterocycles. The number of oxime groups is 1. The fourth-order valence-electron chi connectivity index (χ4n) is 1.81. The monoisotopic (exact) mass is 410 g/mol. The molecule has 2 rings (SSSR count). The number of amides is 1. The summed E-state index contributed by atoms with van der Waals surface area (Å²) in [6.07, 6.45) is -0.602. The molecule has 2 N–H and O–H groups in total. The van der Waals surface area contributed by atoms with E-state index in [2.05, 4.69) is 33.1 Å². The number of ether oxygens (including phenoxy) is 1. The van der Waals surface area contributed by atoms with Crippen molar-refractivity contribution in [2.75, 3.05) is 6.54 Å². The number of benzene rings is 2. The molecule has 0 radical (unpaired) electrons. The van der Waals surface area contributed by atoms with Crippen LogP contribution in [0.3, 0.4) is 0 Å². The van der Waals surface area contributed by atoms with Crippen molar-refractivity contribution in [1.82, 2.24) is 5.32 Å². The number of carbonyl (C=O) groups excluding carboxylic acids is 1. The van der Waals surface area contributed by atoms with Gasteiger partial charge in [-0.2, -0.15) is 0 Å². The predicted octanol–water partition coefficient (Wildman–Crippen LogP) is 3.57. The minimum Gasteiger partial charge on any atom is -0.411 e. The van der Waals surface area contributed by atoms with Crippen LogP contribution in [0, 0.1) is 10.5 Å². The van der Waals surface area contributed by atoms with Gasteiger partial charge in [0.25, 0.3) is 0 Å². The van der Waals surface area contributed by atoms with Crippen LogP contribution in [-0.2, 0) is 0 Å². The summed E-state index contributed by atoms with van der Waals surface area (Å²) in [5.74, 6) is 0.451. The number of hydrogen-bond donors (Lipinski definition) is 2. The Balaban J connectivity index is 1.96. The molecule has 0 spiro atoms. The lowest BCUT2D eigenvalue weighted by Crippen LogP contribution is -2.32. The van der Waals surface area contributed by atoms with Gasteiger partial charge in [0.2, 0.25) is 0 Å². The quantitative estimate of drug-likeness (QED) is 0.351. The first-order valence-corrected chi connectivity index (χ1v) is 7.66. The number of para-hydroxylation sites is 1. The molecule has 114 valence electrons. The first kappa shape index (κ1) is 16.3. The molecule has 1 amide bonds. The summed E-state index contributed by atoms with van der Waals surface area (Å²) in [5, 5.41) is 14.9. The molecule has 0 fully saturated rings. The molecule has 6 heteroatoms. The molecule has 22 heavy (non-hydrogen) atoms. The molecule has 2 aromatic rings. The van der Waals surface area contributed by atoms with Gasteiger partial charge in [-0.3, -0.25) is 0 Å². The summed E-state index contributed by atoms with van der Waals surface area (Å²) in [4.78, 5) is 11.7. The van der Waals surface area contributed by atoms with E-state index in [-0.39, 0.29) is 6.54 Å². The third kappa shape index (κ3) is 4.45. The van der Waals surface area contributed by atoms with Crippen molar-refractivity contribution in [2.45, 2.75) is 6.92 Å². The normalized spacial score (nSPS) is 11.1. The number of nitrogens with zero attached hydrogens (tertiary/aromatic N) is 1. The lowest BCUT2D eigenvalue weighted by Gasteiger charge is -2.09. The van der Waals surface area contributed by atoms with E-state index in [1.165, 1.54) is 0 Å². The zero-order valence-electron chi connectivity index (χ0n) is 11.9. The fraction of sp³-hybridized carbons (Fsp3) is 0.125. The van der Waals surface area contributed by atoms with Crippen LogP contribution in [0.25, 0.3) is 0 Å². The van der Waals surface area contributed by atoms with Crippen molar-refractivity contribution in [2.24, 2.45) is 5.16 Å². The maximum absolute atomic E-state index is 11.7. The van der Waals surface area contributed by atoms with Crippen molar-refractivity contribution in [3.8, 4) is 5.75 Å². The fourth-order valence-corrected chi connectivity index (χ4v) is 2.14. The van der Waals surface area contributed by atoms with Gasteiger partial charge in [0.05, 0.1) is 6.54 Å². The van der Waals surface area contributed by atoms with Gasteiger partial charge in [-0.25, -0.2) is 4.79 Å². The molecule has 5 nitrogen and oxygen atoms in total. The van der Waals surface area contributed by atoms with Crippen LogP contribution < -0.4 is 10.1 Å². The number of carbonyl (C=O) groups is 1. The highest BCUT2D eigenvalue weighted by atomic mass is 127. The van der Waals surface area contributed by atoms with Crippen LogP contribution in [0.5, 0.6) is 5.75 Å². The highest BCUT2D eigenvalue weighted by Gasteiger charge is 2.09. The number of aryl methyl sites for hydroxylation is 1. The maximum atomic E-state index is 11.7. The molecular formula is C16H15IN2O3. The van der Waals surface area contributed by atoms with E-state index in [1.54, 1.807) is 24.3 Å². The minimum absolute atomic E-state index is 0.0716. The second-order valence-corrected chi connectivity index (χ2v) is 5.73. The Kier molecular flexibility index (Phi) is 5.76. The molecule has 0 saturated heterocycles. The summed E-state index contributed by atoms with van der Waals surface area (Å²) in [6, 6.07) is 14.4. The lowest BCUT2D eigenvalue weighted by atomic mass is 10.1. The topological polar surface area (TPSA) is 70.9 Å². The molecule has 0 aliphatic carbocycles. The number of nitrogens with one attached hydrogen (secondary N) is 1. The number of halogens is 1. The van der Waals surface area contributed by atoms with Gasteiger partial charge in [-0.05, 0) is 59.3 Å². The molecule has 0 heterocycles. The summed E-state index contributed by atoms with van der Waals surface area (Å²) < 4.78 is 6.22. The van der Waals surface area contributed by atoms with E-state index in [4.69, 9.17) is 9.94 Å². The van der Waals surface area contributed by atoms with Gasteiger partial charge in [-0.1, -0.05) is 29.4 Å². The van der Waals surface area contributed by atoms with E-state index >= 15 is 0 Å². The van der Waals surface area contributed by atoms with E-state index < -0.39 is 6.09 Å². The van der Waals surface area contributed by atoms with Crippen LogP contribution in [0.15, 0.2) is 53.7 Å². The van der Waals surface area contributed by atoms with Gasteiger partial charge >= 0.3 is 6.09 Å². The first-order valence-electron chi connectivity index (χ1n) is 6.58. The maximum Gasteiger partial charge on any atom is 0.412 e. The Bertz CT molecular complexity index is 687. The summed E-state index contributed by atoms with van der Waals surface area (Å²) in [6.45, 7) is 2.04. The van der Waals surface area contributed by atoms with E-state index in [1.807, 2.05) is 31.2 Å². The van der Waals surface area contributed by atoms with Crippen LogP contribution in [0.1, 0.15) is 11.1 Å². The van der Waals surface area contributed by atoms with Gasteiger partial charge in [0.1, 0.15) is 11.5 Å².